The highest BCUT2D eigenvalue weighted by atomic mass is 16.6. The zero-order valence-electron chi connectivity index (χ0n) is 21.8. The Kier molecular flexibility index (Phi) is 10.9. The van der Waals surface area contributed by atoms with E-state index < -0.39 is 30.4 Å². The van der Waals surface area contributed by atoms with Gasteiger partial charge in [-0.3, -0.25) is 4.79 Å². The molecule has 3 aromatic rings. The second kappa shape index (κ2) is 14.8. The smallest absolute Gasteiger partial charge is 0.307 e. The Bertz CT molecular complexity index is 1080. The number of nitrogens with one attached hydrogen (secondary N) is 1. The molecule has 1 fully saturated rings. The summed E-state index contributed by atoms with van der Waals surface area (Å²) >= 11 is 0. The van der Waals surface area contributed by atoms with Gasteiger partial charge in [0, 0.05) is 6.04 Å². The maximum atomic E-state index is 12.6. The van der Waals surface area contributed by atoms with E-state index in [0.29, 0.717) is 26.4 Å². The zero-order chi connectivity index (χ0) is 26.6. The van der Waals surface area contributed by atoms with Gasteiger partial charge in [0.25, 0.3) is 0 Å². The molecule has 1 heterocycles. The van der Waals surface area contributed by atoms with Gasteiger partial charge in [0.1, 0.15) is 18.3 Å². The van der Waals surface area contributed by atoms with Crippen LogP contribution in [0.4, 0.5) is 0 Å². The van der Waals surface area contributed by atoms with Crippen molar-refractivity contribution in [2.45, 2.75) is 63.6 Å². The molecule has 0 aliphatic carbocycles. The lowest BCUT2D eigenvalue weighted by Crippen LogP contribution is -2.68. The largest absolute Gasteiger partial charge is 0.466 e. The monoisotopic (exact) mass is 519 g/mol. The summed E-state index contributed by atoms with van der Waals surface area (Å²) in [7, 11) is 0. The molecule has 7 nitrogen and oxygen atoms in total. The number of benzene rings is 3. The summed E-state index contributed by atoms with van der Waals surface area (Å²) in [5.41, 5.74) is 3.04. The summed E-state index contributed by atoms with van der Waals surface area (Å²) in [6.07, 6.45) is -1.53. The van der Waals surface area contributed by atoms with E-state index >= 15 is 0 Å². The first-order valence-electron chi connectivity index (χ1n) is 13.2. The first-order valence-corrected chi connectivity index (χ1v) is 13.2. The average molecular weight is 520 g/mol. The van der Waals surface area contributed by atoms with Crippen LogP contribution < -0.4 is 5.32 Å². The lowest BCUT2D eigenvalue weighted by atomic mass is 9.88. The molecule has 0 amide bonds. The van der Waals surface area contributed by atoms with Crippen molar-refractivity contribution >= 4 is 5.97 Å². The van der Waals surface area contributed by atoms with E-state index in [1.54, 1.807) is 6.92 Å². The van der Waals surface area contributed by atoms with Gasteiger partial charge in [0.2, 0.25) is 0 Å². The molecular formula is C31H37NO6. The van der Waals surface area contributed by atoms with E-state index in [0.717, 1.165) is 16.7 Å². The minimum Gasteiger partial charge on any atom is -0.466 e. The predicted molar refractivity (Wildman–Crippen MR) is 144 cm³/mol. The molecule has 0 bridgehead atoms. The molecule has 4 rings (SSSR count). The van der Waals surface area contributed by atoms with Gasteiger partial charge >= 0.3 is 5.97 Å². The van der Waals surface area contributed by atoms with Crippen molar-refractivity contribution in [1.29, 1.82) is 0 Å². The number of piperidine rings is 1. The molecule has 0 spiro atoms. The normalized spacial score (nSPS) is 23.2. The van der Waals surface area contributed by atoms with E-state index in [9.17, 15) is 9.90 Å². The van der Waals surface area contributed by atoms with Gasteiger partial charge in [0.05, 0.1) is 45.5 Å². The summed E-state index contributed by atoms with van der Waals surface area (Å²) in [5, 5.41) is 13.8. The van der Waals surface area contributed by atoms with E-state index in [4.69, 9.17) is 18.9 Å². The van der Waals surface area contributed by atoms with Gasteiger partial charge in [-0.2, -0.15) is 0 Å². The molecule has 5 atom stereocenters. The molecule has 202 valence electrons. The van der Waals surface area contributed by atoms with Crippen LogP contribution in [0.1, 0.15) is 30.0 Å². The molecular weight excluding hydrogens is 482 g/mol. The number of hydrogen-bond acceptors (Lipinski definition) is 7. The summed E-state index contributed by atoms with van der Waals surface area (Å²) in [6.45, 7) is 2.92. The van der Waals surface area contributed by atoms with Gasteiger partial charge in [0.15, 0.2) is 0 Å². The Labute approximate surface area is 224 Å². The van der Waals surface area contributed by atoms with Crippen LogP contribution in [-0.2, 0) is 43.6 Å². The number of carbonyl (C=O) groups excluding carboxylic acids is 1. The average Bonchev–Trinajstić information content (AvgIpc) is 2.96. The Morgan fingerprint density at radius 2 is 1.11 bits per heavy atom. The Hall–Kier alpha value is -3.07. The maximum absolute atomic E-state index is 12.6. The van der Waals surface area contributed by atoms with Crippen LogP contribution in [0.25, 0.3) is 0 Å². The van der Waals surface area contributed by atoms with Crippen LogP contribution in [0.3, 0.4) is 0 Å². The van der Waals surface area contributed by atoms with E-state index in [-0.39, 0.29) is 19.0 Å². The SMILES string of the molecule is CCOC(=O)C[C@@H]1N[C@@H](CO)[C@@H](OCc2ccccc2)[C@H](OCc2ccccc2)[C@H]1OCc1ccccc1. The topological polar surface area (TPSA) is 86.3 Å². The number of hydrogen-bond donors (Lipinski definition) is 2. The van der Waals surface area contributed by atoms with Crippen molar-refractivity contribution in [2.75, 3.05) is 13.2 Å². The van der Waals surface area contributed by atoms with E-state index in [1.807, 2.05) is 91.0 Å². The van der Waals surface area contributed by atoms with Crippen LogP contribution in [0.5, 0.6) is 0 Å². The van der Waals surface area contributed by atoms with Crippen molar-refractivity contribution in [2.24, 2.45) is 0 Å². The first kappa shape index (κ1) is 28.0. The first-order chi connectivity index (χ1) is 18.7. The molecule has 2 N–H and O–H groups in total. The molecule has 1 aliphatic rings. The third-order valence-corrected chi connectivity index (χ3v) is 6.61. The van der Waals surface area contributed by atoms with Crippen molar-refractivity contribution in [3.63, 3.8) is 0 Å². The highest BCUT2D eigenvalue weighted by Crippen LogP contribution is 2.28. The highest BCUT2D eigenvalue weighted by Gasteiger charge is 2.47. The number of esters is 1. The van der Waals surface area contributed by atoms with E-state index in [1.165, 1.54) is 0 Å². The minimum absolute atomic E-state index is 0.0837. The summed E-state index contributed by atoms with van der Waals surface area (Å²) in [6, 6.07) is 28.8. The molecule has 0 radical (unpaired) electrons. The van der Waals surface area contributed by atoms with Crippen LogP contribution in [-0.4, -0.2) is 54.7 Å². The van der Waals surface area contributed by atoms with Crippen LogP contribution in [0.15, 0.2) is 91.0 Å². The Morgan fingerprint density at radius 1 is 0.684 bits per heavy atom. The molecule has 3 aromatic carbocycles. The minimum atomic E-state index is -0.555. The summed E-state index contributed by atoms with van der Waals surface area (Å²) in [4.78, 5) is 12.6. The molecule has 0 unspecified atom stereocenters. The number of aliphatic hydroxyl groups excluding tert-OH is 1. The van der Waals surface area contributed by atoms with Gasteiger partial charge < -0.3 is 29.4 Å². The quantitative estimate of drug-likeness (QED) is 0.330. The lowest BCUT2D eigenvalue weighted by Gasteiger charge is -2.46. The van der Waals surface area contributed by atoms with Crippen LogP contribution in [0, 0.1) is 0 Å². The van der Waals surface area contributed by atoms with Crippen LogP contribution >= 0.6 is 0 Å². The van der Waals surface area contributed by atoms with Gasteiger partial charge in [-0.1, -0.05) is 91.0 Å². The maximum Gasteiger partial charge on any atom is 0.307 e. The number of ether oxygens (including phenoxy) is 4. The molecule has 38 heavy (non-hydrogen) atoms. The second-order valence-electron chi connectivity index (χ2n) is 9.36. The van der Waals surface area contributed by atoms with Crippen molar-refractivity contribution in [3.05, 3.63) is 108 Å². The standard InChI is InChI=1S/C31H37NO6/c1-2-35-28(34)18-26-29(36-20-23-12-6-3-7-13-23)31(38-22-25-16-10-5-11-17-25)30(27(19-33)32-26)37-21-24-14-8-4-9-15-24/h3-17,26-27,29-33H,2,18-22H2,1H3/t26-,27-,29-,30+,31+/m0/s1. The number of aliphatic hydroxyl groups is 1. The highest BCUT2D eigenvalue weighted by molar-refractivity contribution is 5.70. The molecule has 1 saturated heterocycles. The number of carbonyl (C=O) groups is 1. The third-order valence-electron chi connectivity index (χ3n) is 6.61. The van der Waals surface area contributed by atoms with Crippen molar-refractivity contribution in [3.8, 4) is 0 Å². The Morgan fingerprint density at radius 3 is 1.53 bits per heavy atom. The predicted octanol–water partition coefficient (Wildman–Crippen LogP) is 4.03. The van der Waals surface area contributed by atoms with Gasteiger partial charge in [-0.25, -0.2) is 0 Å². The van der Waals surface area contributed by atoms with Crippen LogP contribution in [0.2, 0.25) is 0 Å². The molecule has 0 aromatic heterocycles. The lowest BCUT2D eigenvalue weighted by molar-refractivity contribution is -0.195. The summed E-state index contributed by atoms with van der Waals surface area (Å²) < 4.78 is 24.7. The third kappa shape index (κ3) is 7.96. The summed E-state index contributed by atoms with van der Waals surface area (Å²) in [5.74, 6) is -0.333. The van der Waals surface area contributed by atoms with E-state index in [2.05, 4.69) is 5.32 Å². The fourth-order valence-electron chi connectivity index (χ4n) is 4.75. The van der Waals surface area contributed by atoms with Crippen molar-refractivity contribution < 1.29 is 28.8 Å². The van der Waals surface area contributed by atoms with Crippen molar-refractivity contribution in [1.82, 2.24) is 5.32 Å². The fraction of sp³-hybridized carbons (Fsp3) is 0.387. The number of rotatable bonds is 13. The van der Waals surface area contributed by atoms with Gasteiger partial charge in [-0.05, 0) is 23.6 Å². The molecule has 0 saturated carbocycles. The molecule has 1 aliphatic heterocycles. The second-order valence-corrected chi connectivity index (χ2v) is 9.36. The molecule has 7 heteroatoms. The Balaban J connectivity index is 1.61. The van der Waals surface area contributed by atoms with Gasteiger partial charge in [-0.15, -0.1) is 0 Å². The zero-order valence-corrected chi connectivity index (χ0v) is 21.8. The fourth-order valence-corrected chi connectivity index (χ4v) is 4.75.